The molecule has 144 valence electrons. The van der Waals surface area contributed by atoms with Crippen LogP contribution < -0.4 is 5.32 Å². The van der Waals surface area contributed by atoms with Gasteiger partial charge in [-0.25, -0.2) is 4.79 Å². The molecule has 28 heavy (non-hydrogen) atoms. The number of carbonyl (C=O) groups is 2. The van der Waals surface area contributed by atoms with E-state index in [4.69, 9.17) is 16.3 Å². The van der Waals surface area contributed by atoms with Gasteiger partial charge in [-0.2, -0.15) is 0 Å². The second-order valence-corrected chi connectivity index (χ2v) is 7.73. The minimum atomic E-state index is -0.798. The molecule has 0 aliphatic rings. The number of amides is 1. The Morgan fingerprint density at radius 3 is 2.57 bits per heavy atom. The van der Waals surface area contributed by atoms with Crippen molar-refractivity contribution in [3.05, 3.63) is 81.3 Å². The van der Waals surface area contributed by atoms with Gasteiger partial charge in [0.25, 0.3) is 0 Å². The summed E-state index contributed by atoms with van der Waals surface area (Å²) in [7, 11) is 1.30. The number of rotatable bonds is 6. The molecule has 4 nitrogen and oxygen atoms in total. The molecule has 6 heteroatoms. The van der Waals surface area contributed by atoms with Crippen LogP contribution in [0.1, 0.15) is 11.1 Å². The number of hydrogen-bond donors (Lipinski definition) is 1. The first-order valence-corrected chi connectivity index (χ1v) is 9.92. The molecule has 0 aromatic heterocycles. The lowest BCUT2D eigenvalue weighted by Crippen LogP contribution is -2.43. The second kappa shape index (κ2) is 9.22. The van der Waals surface area contributed by atoms with Crippen molar-refractivity contribution in [2.75, 3.05) is 7.11 Å². The van der Waals surface area contributed by atoms with Gasteiger partial charge in [-0.05, 0) is 40.1 Å². The van der Waals surface area contributed by atoms with Crippen LogP contribution in [-0.2, 0) is 27.2 Å². The summed E-state index contributed by atoms with van der Waals surface area (Å²) in [5.74, 6) is -0.748. The molecule has 0 bridgehead atoms. The molecular formula is C22H19BrClNO3. The third-order valence-electron chi connectivity index (χ3n) is 4.43. The van der Waals surface area contributed by atoms with Crippen LogP contribution in [0.15, 0.2) is 65.1 Å². The van der Waals surface area contributed by atoms with Gasteiger partial charge in [0.1, 0.15) is 6.04 Å². The van der Waals surface area contributed by atoms with Crippen LogP contribution in [0.5, 0.6) is 0 Å². The summed E-state index contributed by atoms with van der Waals surface area (Å²) in [6.07, 6.45) is 0.451. The van der Waals surface area contributed by atoms with E-state index in [1.807, 2.05) is 48.5 Å². The van der Waals surface area contributed by atoms with E-state index in [0.717, 1.165) is 26.4 Å². The van der Waals surface area contributed by atoms with Gasteiger partial charge >= 0.3 is 5.97 Å². The monoisotopic (exact) mass is 459 g/mol. The molecule has 0 heterocycles. The van der Waals surface area contributed by atoms with Gasteiger partial charge in [0, 0.05) is 15.9 Å². The van der Waals surface area contributed by atoms with Gasteiger partial charge < -0.3 is 10.1 Å². The largest absolute Gasteiger partial charge is 0.467 e. The van der Waals surface area contributed by atoms with Gasteiger partial charge in [-0.1, -0.05) is 70.0 Å². The second-order valence-electron chi connectivity index (χ2n) is 6.44. The third kappa shape index (κ3) is 5.12. The van der Waals surface area contributed by atoms with E-state index in [1.54, 1.807) is 12.1 Å². The predicted molar refractivity (Wildman–Crippen MR) is 114 cm³/mol. The van der Waals surface area contributed by atoms with Crippen molar-refractivity contribution in [3.63, 3.8) is 0 Å². The molecule has 3 aromatic carbocycles. The Bertz CT molecular complexity index is 1020. The predicted octanol–water partition coefficient (Wildman–Crippen LogP) is 4.70. The quantitative estimate of drug-likeness (QED) is 0.543. The molecule has 0 saturated heterocycles. The lowest BCUT2D eigenvalue weighted by atomic mass is 10.0. The summed E-state index contributed by atoms with van der Waals surface area (Å²) in [5, 5.41) is 5.53. The zero-order valence-electron chi connectivity index (χ0n) is 15.2. The number of ether oxygens (including phenoxy) is 1. The van der Waals surface area contributed by atoms with E-state index in [-0.39, 0.29) is 18.7 Å². The Balaban J connectivity index is 1.73. The van der Waals surface area contributed by atoms with Gasteiger partial charge in [0.05, 0.1) is 13.5 Å². The van der Waals surface area contributed by atoms with Crippen LogP contribution in [0.3, 0.4) is 0 Å². The number of benzene rings is 3. The summed E-state index contributed by atoms with van der Waals surface area (Å²) < 4.78 is 5.68. The Hall–Kier alpha value is -2.37. The van der Waals surface area contributed by atoms with E-state index in [2.05, 4.69) is 21.2 Å². The first-order valence-electron chi connectivity index (χ1n) is 8.75. The maximum atomic E-state index is 12.6. The van der Waals surface area contributed by atoms with Gasteiger partial charge in [-0.15, -0.1) is 0 Å². The first-order chi connectivity index (χ1) is 13.5. The average molecular weight is 461 g/mol. The molecule has 3 aromatic rings. The van der Waals surface area contributed by atoms with Gasteiger partial charge in [-0.3, -0.25) is 4.79 Å². The summed E-state index contributed by atoms with van der Waals surface area (Å²) in [4.78, 5) is 24.8. The van der Waals surface area contributed by atoms with Gasteiger partial charge in [0.2, 0.25) is 5.91 Å². The maximum absolute atomic E-state index is 12.6. The highest BCUT2D eigenvalue weighted by Gasteiger charge is 2.23. The minimum absolute atomic E-state index is 0.176. The number of nitrogens with one attached hydrogen (secondary N) is 1. The molecule has 0 saturated carbocycles. The SMILES string of the molecule is COC(=O)[C@H](Cc1cc(Cl)ccc1Br)NC(=O)Cc1ccc2ccccc2c1. The number of esters is 1. The van der Waals surface area contributed by atoms with E-state index in [1.165, 1.54) is 7.11 Å². The van der Waals surface area contributed by atoms with Crippen molar-refractivity contribution in [3.8, 4) is 0 Å². The smallest absolute Gasteiger partial charge is 0.328 e. The molecule has 1 atom stereocenters. The highest BCUT2D eigenvalue weighted by molar-refractivity contribution is 9.10. The third-order valence-corrected chi connectivity index (χ3v) is 5.44. The maximum Gasteiger partial charge on any atom is 0.328 e. The van der Waals surface area contributed by atoms with Crippen molar-refractivity contribution >= 4 is 50.2 Å². The minimum Gasteiger partial charge on any atom is -0.467 e. The normalized spacial score (nSPS) is 11.8. The Labute approximate surface area is 177 Å². The highest BCUT2D eigenvalue weighted by atomic mass is 79.9. The zero-order valence-corrected chi connectivity index (χ0v) is 17.6. The van der Waals surface area contributed by atoms with Crippen LogP contribution in [0, 0.1) is 0 Å². The van der Waals surface area contributed by atoms with Crippen LogP contribution in [0.25, 0.3) is 10.8 Å². The van der Waals surface area contributed by atoms with Crippen molar-refractivity contribution in [2.24, 2.45) is 0 Å². The van der Waals surface area contributed by atoms with Gasteiger partial charge in [0.15, 0.2) is 0 Å². The van der Waals surface area contributed by atoms with Crippen LogP contribution in [-0.4, -0.2) is 25.0 Å². The molecule has 0 aliphatic heterocycles. The fourth-order valence-electron chi connectivity index (χ4n) is 3.03. The fraction of sp³-hybridized carbons (Fsp3) is 0.182. The molecule has 0 radical (unpaired) electrons. The standard InChI is InChI=1S/C22H19BrClNO3/c1-28-22(27)20(13-17-12-18(24)8-9-19(17)23)25-21(26)11-14-6-7-15-4-2-3-5-16(15)10-14/h2-10,12,20H,11,13H2,1H3,(H,25,26)/t20-/m0/s1. The summed E-state index contributed by atoms with van der Waals surface area (Å²) in [5.41, 5.74) is 1.69. The summed E-state index contributed by atoms with van der Waals surface area (Å²) >= 11 is 9.50. The van der Waals surface area contributed by atoms with Crippen LogP contribution in [0.2, 0.25) is 5.02 Å². The zero-order chi connectivity index (χ0) is 20.1. The number of carbonyl (C=O) groups excluding carboxylic acids is 2. The molecular weight excluding hydrogens is 442 g/mol. The van der Waals surface area contributed by atoms with Crippen LogP contribution >= 0.6 is 27.5 Å². The average Bonchev–Trinajstić information content (AvgIpc) is 2.69. The van der Waals surface area contributed by atoms with E-state index in [0.29, 0.717) is 5.02 Å². The van der Waals surface area contributed by atoms with Crippen molar-refractivity contribution < 1.29 is 14.3 Å². The van der Waals surface area contributed by atoms with Crippen molar-refractivity contribution in [1.82, 2.24) is 5.32 Å². The van der Waals surface area contributed by atoms with E-state index in [9.17, 15) is 9.59 Å². The Morgan fingerprint density at radius 1 is 1.07 bits per heavy atom. The molecule has 0 fully saturated rings. The molecule has 0 unspecified atom stereocenters. The lowest BCUT2D eigenvalue weighted by Gasteiger charge is -2.18. The Morgan fingerprint density at radius 2 is 1.82 bits per heavy atom. The topological polar surface area (TPSA) is 55.4 Å². The molecule has 1 N–H and O–H groups in total. The summed E-state index contributed by atoms with van der Waals surface area (Å²) in [6.45, 7) is 0. The molecule has 0 aliphatic carbocycles. The van der Waals surface area contributed by atoms with E-state index >= 15 is 0 Å². The van der Waals surface area contributed by atoms with Crippen LogP contribution in [0.4, 0.5) is 0 Å². The number of hydrogen-bond acceptors (Lipinski definition) is 3. The van der Waals surface area contributed by atoms with E-state index < -0.39 is 12.0 Å². The van der Waals surface area contributed by atoms with Crippen molar-refractivity contribution in [2.45, 2.75) is 18.9 Å². The van der Waals surface area contributed by atoms with Crippen molar-refractivity contribution in [1.29, 1.82) is 0 Å². The first kappa shape index (κ1) is 20.4. The Kier molecular flexibility index (Phi) is 6.70. The highest BCUT2D eigenvalue weighted by Crippen LogP contribution is 2.23. The number of halogens is 2. The molecule has 3 rings (SSSR count). The molecule has 1 amide bonds. The number of fused-ring (bicyclic) bond motifs is 1. The molecule has 0 spiro atoms. The summed E-state index contributed by atoms with van der Waals surface area (Å²) in [6, 6.07) is 18.4. The fourth-order valence-corrected chi connectivity index (χ4v) is 3.64. The lowest BCUT2D eigenvalue weighted by molar-refractivity contribution is -0.145. The number of methoxy groups -OCH3 is 1.